The first kappa shape index (κ1) is 15.1. The minimum absolute atomic E-state index is 0.688. The number of hydrogen-bond acceptors (Lipinski definition) is 4. The van der Waals surface area contributed by atoms with E-state index in [1.54, 1.807) is 0 Å². The van der Waals surface area contributed by atoms with E-state index >= 15 is 0 Å². The molecule has 4 nitrogen and oxygen atoms in total. The van der Waals surface area contributed by atoms with Crippen LogP contribution in [0.5, 0.6) is 0 Å². The van der Waals surface area contributed by atoms with Crippen molar-refractivity contribution in [2.45, 2.75) is 32.9 Å². The Morgan fingerprint density at radius 1 is 1.00 bits per heavy atom. The van der Waals surface area contributed by atoms with E-state index in [4.69, 9.17) is 13.6 Å². The molecule has 0 radical (unpaired) electrons. The molecule has 0 aromatic heterocycles. The lowest BCUT2D eigenvalue weighted by atomic mass is 10.4. The summed E-state index contributed by atoms with van der Waals surface area (Å²) in [6, 6.07) is 1.09. The average Bonchev–Trinajstić information content (AvgIpc) is 2.30. The van der Waals surface area contributed by atoms with Crippen molar-refractivity contribution in [1.29, 1.82) is 0 Å². The standard InChI is InChI=1S/C12H27NO3Si/c1-4-13(5-2)7-6-12-17(3)15-10-8-14-9-11-16-17/h4-12H2,1-3H3. The topological polar surface area (TPSA) is 30.9 Å². The van der Waals surface area contributed by atoms with E-state index in [2.05, 4.69) is 25.3 Å². The van der Waals surface area contributed by atoms with E-state index in [0.29, 0.717) is 26.4 Å². The van der Waals surface area contributed by atoms with Crippen LogP contribution in [0.15, 0.2) is 0 Å². The normalized spacial score (nSPS) is 21.2. The van der Waals surface area contributed by atoms with Crippen molar-refractivity contribution in [3.63, 3.8) is 0 Å². The van der Waals surface area contributed by atoms with Crippen molar-refractivity contribution in [1.82, 2.24) is 4.90 Å². The first-order valence-corrected chi connectivity index (χ1v) is 9.30. The van der Waals surface area contributed by atoms with Crippen LogP contribution in [0.2, 0.25) is 12.6 Å². The third-order valence-electron chi connectivity index (χ3n) is 3.27. The average molecular weight is 261 g/mol. The summed E-state index contributed by atoms with van der Waals surface area (Å²) in [5.74, 6) is 0. The van der Waals surface area contributed by atoms with Gasteiger partial charge in [-0.1, -0.05) is 13.8 Å². The van der Waals surface area contributed by atoms with Crippen LogP contribution in [0.4, 0.5) is 0 Å². The summed E-state index contributed by atoms with van der Waals surface area (Å²) in [6.07, 6.45) is 1.17. The maximum absolute atomic E-state index is 5.89. The van der Waals surface area contributed by atoms with E-state index in [1.807, 2.05) is 0 Å². The van der Waals surface area contributed by atoms with E-state index in [1.165, 1.54) is 6.42 Å². The zero-order valence-corrected chi connectivity index (χ0v) is 12.5. The first-order valence-electron chi connectivity index (χ1n) is 6.78. The molecule has 0 atom stereocenters. The van der Waals surface area contributed by atoms with Crippen molar-refractivity contribution in [3.05, 3.63) is 0 Å². The summed E-state index contributed by atoms with van der Waals surface area (Å²) >= 11 is 0. The predicted molar refractivity (Wildman–Crippen MR) is 71.6 cm³/mol. The molecule has 1 aliphatic heterocycles. The van der Waals surface area contributed by atoms with Gasteiger partial charge in [0.1, 0.15) is 0 Å². The second kappa shape index (κ2) is 8.21. The van der Waals surface area contributed by atoms with E-state index in [0.717, 1.165) is 25.7 Å². The summed E-state index contributed by atoms with van der Waals surface area (Å²) < 4.78 is 17.1. The molecular formula is C12H27NO3Si. The molecule has 1 rings (SSSR count). The zero-order valence-electron chi connectivity index (χ0n) is 11.5. The highest BCUT2D eigenvalue weighted by Gasteiger charge is 2.31. The van der Waals surface area contributed by atoms with Gasteiger partial charge in [-0.05, 0) is 38.6 Å². The van der Waals surface area contributed by atoms with E-state index in [-0.39, 0.29) is 0 Å². The molecule has 102 valence electrons. The monoisotopic (exact) mass is 261 g/mol. The predicted octanol–water partition coefficient (Wildman–Crippen LogP) is 1.85. The van der Waals surface area contributed by atoms with E-state index in [9.17, 15) is 0 Å². The van der Waals surface area contributed by atoms with Gasteiger partial charge in [-0.2, -0.15) is 0 Å². The molecular weight excluding hydrogens is 234 g/mol. The lowest BCUT2D eigenvalue weighted by Gasteiger charge is -2.30. The van der Waals surface area contributed by atoms with Crippen LogP contribution in [0, 0.1) is 0 Å². The fourth-order valence-electron chi connectivity index (χ4n) is 2.08. The Hall–Kier alpha value is 0.0569. The lowest BCUT2D eigenvalue weighted by molar-refractivity contribution is 0.0261. The van der Waals surface area contributed by atoms with Crippen LogP contribution < -0.4 is 0 Å². The number of hydrogen-bond donors (Lipinski definition) is 0. The van der Waals surface area contributed by atoms with Crippen LogP contribution >= 0.6 is 0 Å². The molecule has 0 aliphatic carbocycles. The van der Waals surface area contributed by atoms with Crippen LogP contribution in [0.1, 0.15) is 20.3 Å². The highest BCUT2D eigenvalue weighted by molar-refractivity contribution is 6.66. The van der Waals surface area contributed by atoms with Crippen molar-refractivity contribution in [2.75, 3.05) is 46.1 Å². The Kier molecular flexibility index (Phi) is 7.30. The highest BCUT2D eigenvalue weighted by Crippen LogP contribution is 2.17. The van der Waals surface area contributed by atoms with Gasteiger partial charge in [-0.3, -0.25) is 0 Å². The minimum atomic E-state index is -1.92. The molecule has 1 fully saturated rings. The Labute approximate surface area is 106 Å². The van der Waals surface area contributed by atoms with Crippen molar-refractivity contribution in [2.24, 2.45) is 0 Å². The molecule has 0 unspecified atom stereocenters. The Balaban J connectivity index is 2.26. The van der Waals surface area contributed by atoms with E-state index < -0.39 is 8.56 Å². The Morgan fingerprint density at radius 2 is 1.59 bits per heavy atom. The molecule has 0 N–H and O–H groups in total. The molecule has 1 saturated heterocycles. The number of ether oxygens (including phenoxy) is 1. The maximum atomic E-state index is 5.89. The van der Waals surface area contributed by atoms with Crippen molar-refractivity contribution in [3.8, 4) is 0 Å². The van der Waals surface area contributed by atoms with Gasteiger partial charge >= 0.3 is 8.56 Å². The quantitative estimate of drug-likeness (QED) is 0.683. The van der Waals surface area contributed by atoms with Crippen LogP contribution in [0.25, 0.3) is 0 Å². The molecule has 0 amide bonds. The van der Waals surface area contributed by atoms with Crippen LogP contribution in [-0.4, -0.2) is 59.5 Å². The Bertz CT molecular complexity index is 192. The molecule has 1 heterocycles. The molecule has 0 saturated carbocycles. The van der Waals surface area contributed by atoms with Crippen LogP contribution in [0.3, 0.4) is 0 Å². The van der Waals surface area contributed by atoms with Gasteiger partial charge in [0, 0.05) is 0 Å². The second-order valence-corrected chi connectivity index (χ2v) is 7.92. The summed E-state index contributed by atoms with van der Waals surface area (Å²) in [7, 11) is -1.92. The van der Waals surface area contributed by atoms with Gasteiger partial charge in [0.15, 0.2) is 0 Å². The van der Waals surface area contributed by atoms with Gasteiger partial charge in [0.25, 0.3) is 0 Å². The summed E-state index contributed by atoms with van der Waals surface area (Å²) in [4.78, 5) is 2.45. The molecule has 0 aromatic rings. The largest absolute Gasteiger partial charge is 0.392 e. The molecule has 5 heteroatoms. The smallest absolute Gasteiger partial charge is 0.335 e. The van der Waals surface area contributed by atoms with Gasteiger partial charge in [0.2, 0.25) is 0 Å². The van der Waals surface area contributed by atoms with Gasteiger partial charge in [0.05, 0.1) is 26.4 Å². The fraction of sp³-hybridized carbons (Fsp3) is 1.00. The maximum Gasteiger partial charge on any atom is 0.335 e. The minimum Gasteiger partial charge on any atom is -0.392 e. The lowest BCUT2D eigenvalue weighted by Crippen LogP contribution is -2.42. The van der Waals surface area contributed by atoms with Crippen molar-refractivity contribution < 1.29 is 13.6 Å². The number of rotatable bonds is 6. The molecule has 1 aliphatic rings. The second-order valence-electron chi connectivity index (χ2n) is 4.57. The SMILES string of the molecule is CCN(CC)CCC[Si]1(C)OCCOCCO1. The summed E-state index contributed by atoms with van der Waals surface area (Å²) in [5, 5.41) is 0. The molecule has 0 bridgehead atoms. The van der Waals surface area contributed by atoms with Crippen molar-refractivity contribution >= 4 is 8.56 Å². The molecule has 17 heavy (non-hydrogen) atoms. The molecule has 0 spiro atoms. The Morgan fingerprint density at radius 3 is 2.12 bits per heavy atom. The zero-order chi connectivity index (χ0) is 12.6. The fourth-order valence-corrected chi connectivity index (χ4v) is 4.29. The van der Waals surface area contributed by atoms with Crippen LogP contribution in [-0.2, 0) is 13.6 Å². The third-order valence-corrected chi connectivity index (χ3v) is 6.16. The first-order chi connectivity index (χ1) is 8.20. The van der Waals surface area contributed by atoms with Gasteiger partial charge < -0.3 is 18.5 Å². The third kappa shape index (κ3) is 5.97. The number of nitrogens with zero attached hydrogens (tertiary/aromatic N) is 1. The van der Waals surface area contributed by atoms with Gasteiger partial charge in [-0.15, -0.1) is 0 Å². The molecule has 0 aromatic carbocycles. The summed E-state index contributed by atoms with van der Waals surface area (Å²) in [6.45, 7) is 12.8. The summed E-state index contributed by atoms with van der Waals surface area (Å²) in [5.41, 5.74) is 0. The highest BCUT2D eigenvalue weighted by atomic mass is 28.4. The van der Waals surface area contributed by atoms with Gasteiger partial charge in [-0.25, -0.2) is 0 Å².